The van der Waals surface area contributed by atoms with Gasteiger partial charge in [0.2, 0.25) is 5.91 Å². The molecule has 1 unspecified atom stereocenters. The predicted octanol–water partition coefficient (Wildman–Crippen LogP) is -1.13. The van der Waals surface area contributed by atoms with Gasteiger partial charge in [-0.25, -0.2) is 0 Å². The van der Waals surface area contributed by atoms with Crippen LogP contribution in [0.15, 0.2) is 24.3 Å². The average molecular weight is 264 g/mol. The molecule has 0 spiro atoms. The first-order valence-electron chi connectivity index (χ1n) is 6.45. The summed E-state index contributed by atoms with van der Waals surface area (Å²) in [6.45, 7) is 3.11. The van der Waals surface area contributed by atoms with E-state index in [1.807, 2.05) is 7.05 Å². The van der Waals surface area contributed by atoms with Crippen molar-refractivity contribution >= 4 is 11.8 Å². The molecule has 19 heavy (non-hydrogen) atoms. The molecule has 5 heteroatoms. The van der Waals surface area contributed by atoms with Gasteiger partial charge in [-0.05, 0) is 12.0 Å². The number of hydrogen-bond acceptors (Lipinski definition) is 2. The standard InChI is InChI=1S/C14H21N3O2/c1-3-11-4-6-12(7-5-11)9-17(2)10-14(19)16-8-13(15)18/h4-7H,3,8-10H2,1-2H3,(H2,15,18)(H,16,19)/p+1. The Balaban J connectivity index is 2.39. The lowest BCUT2D eigenvalue weighted by Crippen LogP contribution is -3.08. The van der Waals surface area contributed by atoms with Crippen molar-refractivity contribution in [1.82, 2.24) is 5.32 Å². The highest BCUT2D eigenvalue weighted by atomic mass is 16.2. The number of primary amides is 1. The first-order chi connectivity index (χ1) is 9.01. The molecule has 0 saturated carbocycles. The number of carbonyl (C=O) groups excluding carboxylic acids is 2. The van der Waals surface area contributed by atoms with Crippen molar-refractivity contribution in [3.05, 3.63) is 35.4 Å². The molecule has 0 aliphatic rings. The zero-order valence-electron chi connectivity index (χ0n) is 11.5. The van der Waals surface area contributed by atoms with Crippen LogP contribution in [0.25, 0.3) is 0 Å². The normalized spacial score (nSPS) is 11.9. The Morgan fingerprint density at radius 1 is 1.21 bits per heavy atom. The number of rotatable bonds is 7. The van der Waals surface area contributed by atoms with Crippen LogP contribution in [0.1, 0.15) is 18.1 Å². The molecule has 0 bridgehead atoms. The minimum absolute atomic E-state index is 0.0999. The number of amides is 2. The van der Waals surface area contributed by atoms with Crippen molar-refractivity contribution in [2.75, 3.05) is 20.1 Å². The molecule has 0 fully saturated rings. The number of nitrogens with two attached hydrogens (primary N) is 1. The molecule has 4 N–H and O–H groups in total. The van der Waals surface area contributed by atoms with Crippen molar-refractivity contribution in [2.45, 2.75) is 19.9 Å². The molecule has 1 atom stereocenters. The Kier molecular flexibility index (Phi) is 6.02. The van der Waals surface area contributed by atoms with E-state index in [2.05, 4.69) is 36.5 Å². The second kappa shape index (κ2) is 7.53. The Hall–Kier alpha value is -1.88. The largest absolute Gasteiger partial charge is 0.368 e. The van der Waals surface area contributed by atoms with E-state index in [9.17, 15) is 9.59 Å². The van der Waals surface area contributed by atoms with E-state index in [4.69, 9.17) is 5.73 Å². The van der Waals surface area contributed by atoms with Crippen LogP contribution in [0.5, 0.6) is 0 Å². The molecule has 0 saturated heterocycles. The van der Waals surface area contributed by atoms with Crippen molar-refractivity contribution in [2.24, 2.45) is 5.73 Å². The summed E-state index contributed by atoms with van der Waals surface area (Å²) in [5.41, 5.74) is 7.46. The molecule has 1 aromatic carbocycles. The topological polar surface area (TPSA) is 76.6 Å². The number of aryl methyl sites for hydroxylation is 1. The molecular formula is C14H22N3O2+. The summed E-state index contributed by atoms with van der Waals surface area (Å²) in [5, 5.41) is 2.48. The number of quaternary nitrogens is 1. The van der Waals surface area contributed by atoms with Gasteiger partial charge >= 0.3 is 0 Å². The molecule has 0 aromatic heterocycles. The fraction of sp³-hybridized carbons (Fsp3) is 0.429. The molecule has 1 aromatic rings. The number of hydrogen-bond donors (Lipinski definition) is 3. The second-order valence-electron chi connectivity index (χ2n) is 4.72. The maximum Gasteiger partial charge on any atom is 0.275 e. The highest BCUT2D eigenvalue weighted by molar-refractivity contribution is 5.84. The smallest absolute Gasteiger partial charge is 0.275 e. The summed E-state index contributed by atoms with van der Waals surface area (Å²) >= 11 is 0. The Morgan fingerprint density at radius 2 is 1.79 bits per heavy atom. The number of carbonyl (C=O) groups is 2. The third-order valence-electron chi connectivity index (χ3n) is 2.86. The Bertz CT molecular complexity index is 429. The van der Waals surface area contributed by atoms with Gasteiger partial charge in [0.1, 0.15) is 6.54 Å². The zero-order valence-corrected chi connectivity index (χ0v) is 11.5. The monoisotopic (exact) mass is 264 g/mol. The van der Waals surface area contributed by atoms with Gasteiger partial charge in [0, 0.05) is 5.56 Å². The minimum atomic E-state index is -0.527. The Labute approximate surface area is 113 Å². The lowest BCUT2D eigenvalue weighted by molar-refractivity contribution is -0.885. The SMILES string of the molecule is CCc1ccc(C[NH+](C)CC(=O)NCC(N)=O)cc1. The second-order valence-corrected chi connectivity index (χ2v) is 4.72. The van der Waals surface area contributed by atoms with Gasteiger partial charge in [-0.3, -0.25) is 9.59 Å². The van der Waals surface area contributed by atoms with E-state index in [1.54, 1.807) is 0 Å². The number of likely N-dealkylation sites (N-methyl/N-ethyl adjacent to an activating group) is 1. The highest BCUT2D eigenvalue weighted by Crippen LogP contribution is 2.03. The molecule has 0 aliphatic heterocycles. The van der Waals surface area contributed by atoms with E-state index < -0.39 is 5.91 Å². The van der Waals surface area contributed by atoms with Crippen LogP contribution >= 0.6 is 0 Å². The van der Waals surface area contributed by atoms with Gasteiger partial charge in [0.05, 0.1) is 13.6 Å². The predicted molar refractivity (Wildman–Crippen MR) is 73.5 cm³/mol. The van der Waals surface area contributed by atoms with Gasteiger partial charge in [-0.2, -0.15) is 0 Å². The maximum absolute atomic E-state index is 11.5. The van der Waals surface area contributed by atoms with Gasteiger partial charge in [-0.15, -0.1) is 0 Å². The minimum Gasteiger partial charge on any atom is -0.368 e. The van der Waals surface area contributed by atoms with Gasteiger partial charge in [0.25, 0.3) is 5.91 Å². The van der Waals surface area contributed by atoms with Crippen LogP contribution < -0.4 is 16.0 Å². The molecule has 5 nitrogen and oxygen atoms in total. The third kappa shape index (κ3) is 6.01. The van der Waals surface area contributed by atoms with Crippen LogP contribution in [-0.2, 0) is 22.6 Å². The first kappa shape index (κ1) is 15.2. The summed E-state index contributed by atoms with van der Waals surface area (Å²) < 4.78 is 0. The number of benzene rings is 1. The van der Waals surface area contributed by atoms with Crippen LogP contribution in [0.4, 0.5) is 0 Å². The summed E-state index contributed by atoms with van der Waals surface area (Å²) in [4.78, 5) is 23.1. The highest BCUT2D eigenvalue weighted by Gasteiger charge is 2.10. The molecular weight excluding hydrogens is 242 g/mol. The summed E-state index contributed by atoms with van der Waals surface area (Å²) in [6, 6.07) is 8.39. The molecule has 2 amide bonds. The van der Waals surface area contributed by atoms with Gasteiger partial charge in [-0.1, -0.05) is 31.2 Å². The van der Waals surface area contributed by atoms with E-state index >= 15 is 0 Å². The van der Waals surface area contributed by atoms with Gasteiger partial charge < -0.3 is 16.0 Å². The Morgan fingerprint density at radius 3 is 2.32 bits per heavy atom. The lowest BCUT2D eigenvalue weighted by Gasteiger charge is -2.13. The van der Waals surface area contributed by atoms with Crippen molar-refractivity contribution in [3.63, 3.8) is 0 Å². The molecule has 0 aliphatic carbocycles. The molecule has 1 rings (SSSR count). The summed E-state index contributed by atoms with van der Waals surface area (Å²) in [7, 11) is 1.94. The summed E-state index contributed by atoms with van der Waals surface area (Å²) in [5.74, 6) is -0.692. The average Bonchev–Trinajstić information content (AvgIpc) is 2.37. The summed E-state index contributed by atoms with van der Waals surface area (Å²) in [6.07, 6.45) is 1.03. The first-order valence-corrected chi connectivity index (χ1v) is 6.45. The van der Waals surface area contributed by atoms with E-state index in [-0.39, 0.29) is 12.5 Å². The molecule has 104 valence electrons. The van der Waals surface area contributed by atoms with Crippen LogP contribution in [0, 0.1) is 0 Å². The van der Waals surface area contributed by atoms with Crippen LogP contribution in [0.2, 0.25) is 0 Å². The van der Waals surface area contributed by atoms with Crippen molar-refractivity contribution < 1.29 is 14.5 Å². The molecule has 0 heterocycles. The van der Waals surface area contributed by atoms with E-state index in [1.165, 1.54) is 11.1 Å². The van der Waals surface area contributed by atoms with Crippen molar-refractivity contribution in [1.29, 1.82) is 0 Å². The quantitative estimate of drug-likeness (QED) is 0.582. The van der Waals surface area contributed by atoms with E-state index in [0.29, 0.717) is 6.54 Å². The lowest BCUT2D eigenvalue weighted by atomic mass is 10.1. The fourth-order valence-electron chi connectivity index (χ4n) is 1.83. The van der Waals surface area contributed by atoms with E-state index in [0.717, 1.165) is 17.9 Å². The van der Waals surface area contributed by atoms with Crippen LogP contribution in [-0.4, -0.2) is 32.0 Å². The van der Waals surface area contributed by atoms with Crippen LogP contribution in [0.3, 0.4) is 0 Å². The third-order valence-corrected chi connectivity index (χ3v) is 2.86. The zero-order chi connectivity index (χ0) is 14.3. The van der Waals surface area contributed by atoms with Gasteiger partial charge in [0.15, 0.2) is 6.54 Å². The number of nitrogens with one attached hydrogen (secondary N) is 2. The fourth-order valence-corrected chi connectivity index (χ4v) is 1.83. The van der Waals surface area contributed by atoms with Crippen molar-refractivity contribution in [3.8, 4) is 0 Å². The molecule has 0 radical (unpaired) electrons. The maximum atomic E-state index is 11.5.